The average molecular weight is 318 g/mol. The topological polar surface area (TPSA) is 46.6 Å². The van der Waals surface area contributed by atoms with E-state index in [0.29, 0.717) is 27.9 Å². The van der Waals surface area contributed by atoms with E-state index in [4.69, 9.17) is 16.3 Å². The predicted molar refractivity (Wildman–Crippen MR) is 79.5 cm³/mol. The van der Waals surface area contributed by atoms with Crippen molar-refractivity contribution in [2.45, 2.75) is 24.7 Å². The van der Waals surface area contributed by atoms with Crippen molar-refractivity contribution in [3.8, 4) is 0 Å². The number of halogens is 1. The number of nitrogens with zero attached hydrogens (tertiary/aromatic N) is 1. The largest absolute Gasteiger partial charge is 0.381 e. The van der Waals surface area contributed by atoms with E-state index in [1.165, 1.54) is 4.31 Å². The lowest BCUT2D eigenvalue weighted by atomic mass is 10.0. The summed E-state index contributed by atoms with van der Waals surface area (Å²) in [7, 11) is -1.81. The first kappa shape index (κ1) is 15.8. The van der Waals surface area contributed by atoms with E-state index < -0.39 is 10.0 Å². The fourth-order valence-electron chi connectivity index (χ4n) is 2.46. The highest BCUT2D eigenvalue weighted by Gasteiger charge is 2.26. The Hall–Kier alpha value is -0.620. The third kappa shape index (κ3) is 3.52. The van der Waals surface area contributed by atoms with E-state index in [2.05, 4.69) is 0 Å². The Morgan fingerprint density at radius 1 is 1.35 bits per heavy atom. The molecular weight excluding hydrogens is 298 g/mol. The molecule has 1 aromatic carbocycles. The molecule has 6 heteroatoms. The van der Waals surface area contributed by atoms with Crippen molar-refractivity contribution in [2.75, 3.05) is 26.8 Å². The molecular formula is C14H20ClNO3S. The molecule has 0 saturated carbocycles. The minimum absolute atomic E-state index is 0.330. The first-order valence-corrected chi connectivity index (χ1v) is 8.53. The molecule has 0 spiro atoms. The van der Waals surface area contributed by atoms with Crippen LogP contribution in [0.5, 0.6) is 0 Å². The van der Waals surface area contributed by atoms with Gasteiger partial charge < -0.3 is 4.74 Å². The van der Waals surface area contributed by atoms with Crippen LogP contribution < -0.4 is 0 Å². The maximum atomic E-state index is 12.6. The number of sulfonamides is 1. The maximum absolute atomic E-state index is 12.6. The third-order valence-electron chi connectivity index (χ3n) is 3.68. The molecule has 112 valence electrons. The van der Waals surface area contributed by atoms with Gasteiger partial charge in [0.25, 0.3) is 0 Å². The van der Waals surface area contributed by atoms with Gasteiger partial charge in [0.1, 0.15) is 0 Å². The highest BCUT2D eigenvalue weighted by Crippen LogP contribution is 2.24. The Labute approximate surface area is 125 Å². The summed E-state index contributed by atoms with van der Waals surface area (Å²) in [6.07, 6.45) is 1.83. The number of aryl methyl sites for hydroxylation is 1. The summed E-state index contributed by atoms with van der Waals surface area (Å²) >= 11 is 5.88. The molecule has 1 saturated heterocycles. The van der Waals surface area contributed by atoms with Crippen LogP contribution in [0, 0.1) is 12.8 Å². The Morgan fingerprint density at radius 3 is 2.60 bits per heavy atom. The molecule has 0 N–H and O–H groups in total. The van der Waals surface area contributed by atoms with Gasteiger partial charge in [-0.1, -0.05) is 11.6 Å². The number of rotatable bonds is 4. The fraction of sp³-hybridized carbons (Fsp3) is 0.571. The molecule has 0 bridgehead atoms. The summed E-state index contributed by atoms with van der Waals surface area (Å²) in [5.74, 6) is 0.371. The molecule has 0 atom stereocenters. The van der Waals surface area contributed by atoms with Gasteiger partial charge in [0.15, 0.2) is 0 Å². The van der Waals surface area contributed by atoms with Crippen LogP contribution >= 0.6 is 11.6 Å². The summed E-state index contributed by atoms with van der Waals surface area (Å²) in [5.41, 5.74) is 0.677. The standard InChI is InChI=1S/C14H20ClNO3S/c1-11-9-13(15)3-4-14(11)20(17,18)16(2)10-12-5-7-19-8-6-12/h3-4,9,12H,5-8,10H2,1-2H3. The first-order chi connectivity index (χ1) is 9.41. The van der Waals surface area contributed by atoms with Gasteiger partial charge in [-0.25, -0.2) is 12.7 Å². The molecule has 1 aliphatic rings. The molecule has 0 aromatic heterocycles. The van der Waals surface area contributed by atoms with Crippen molar-refractivity contribution in [1.82, 2.24) is 4.31 Å². The van der Waals surface area contributed by atoms with Crippen LogP contribution in [0.2, 0.25) is 5.02 Å². The quantitative estimate of drug-likeness (QED) is 0.857. The van der Waals surface area contributed by atoms with E-state index in [1.54, 1.807) is 32.2 Å². The zero-order valence-corrected chi connectivity index (χ0v) is 13.4. The lowest BCUT2D eigenvalue weighted by Gasteiger charge is -2.27. The van der Waals surface area contributed by atoms with Gasteiger partial charge in [0.05, 0.1) is 4.90 Å². The summed E-state index contributed by atoms with van der Waals surface area (Å²) < 4.78 is 31.9. The van der Waals surface area contributed by atoms with E-state index in [0.717, 1.165) is 26.1 Å². The van der Waals surface area contributed by atoms with E-state index >= 15 is 0 Å². The summed E-state index contributed by atoms with van der Waals surface area (Å²) in [6, 6.07) is 4.87. The zero-order valence-electron chi connectivity index (χ0n) is 11.8. The Kier molecular flexibility index (Phi) is 5.07. The number of hydrogen-bond donors (Lipinski definition) is 0. The molecule has 1 heterocycles. The number of hydrogen-bond acceptors (Lipinski definition) is 3. The molecule has 0 amide bonds. The van der Waals surface area contributed by atoms with Crippen molar-refractivity contribution >= 4 is 21.6 Å². The highest BCUT2D eigenvalue weighted by molar-refractivity contribution is 7.89. The van der Waals surface area contributed by atoms with Crippen molar-refractivity contribution in [3.05, 3.63) is 28.8 Å². The summed E-state index contributed by atoms with van der Waals surface area (Å²) in [6.45, 7) is 3.74. The van der Waals surface area contributed by atoms with Crippen LogP contribution in [0.25, 0.3) is 0 Å². The first-order valence-electron chi connectivity index (χ1n) is 6.71. The fourth-order valence-corrected chi connectivity index (χ4v) is 4.14. The van der Waals surface area contributed by atoms with Crippen molar-refractivity contribution in [2.24, 2.45) is 5.92 Å². The van der Waals surface area contributed by atoms with Gasteiger partial charge >= 0.3 is 0 Å². The Bertz CT molecular complexity index is 568. The third-order valence-corrected chi connectivity index (χ3v) is 5.90. The smallest absolute Gasteiger partial charge is 0.243 e. The van der Waals surface area contributed by atoms with Gasteiger partial charge in [-0.05, 0) is 49.4 Å². The lowest BCUT2D eigenvalue weighted by molar-refractivity contribution is 0.0620. The van der Waals surface area contributed by atoms with Crippen LogP contribution in [0.3, 0.4) is 0 Å². The van der Waals surface area contributed by atoms with Gasteiger partial charge in [-0.15, -0.1) is 0 Å². The van der Waals surface area contributed by atoms with Crippen LogP contribution in [-0.2, 0) is 14.8 Å². The molecule has 0 radical (unpaired) electrons. The number of benzene rings is 1. The van der Waals surface area contributed by atoms with Crippen molar-refractivity contribution in [3.63, 3.8) is 0 Å². The molecule has 20 heavy (non-hydrogen) atoms. The Morgan fingerprint density at radius 2 is 2.00 bits per heavy atom. The summed E-state index contributed by atoms with van der Waals surface area (Å²) in [4.78, 5) is 0.330. The molecule has 1 aliphatic heterocycles. The minimum atomic E-state index is -3.45. The van der Waals surface area contributed by atoms with Crippen LogP contribution in [-0.4, -0.2) is 39.5 Å². The maximum Gasteiger partial charge on any atom is 0.243 e. The second-order valence-electron chi connectivity index (χ2n) is 5.25. The van der Waals surface area contributed by atoms with E-state index in [9.17, 15) is 8.42 Å². The van der Waals surface area contributed by atoms with E-state index in [-0.39, 0.29) is 0 Å². The van der Waals surface area contributed by atoms with Crippen LogP contribution in [0.15, 0.2) is 23.1 Å². The molecule has 0 aliphatic carbocycles. The van der Waals surface area contributed by atoms with Gasteiger partial charge in [-0.2, -0.15) is 0 Å². The predicted octanol–water partition coefficient (Wildman–Crippen LogP) is 2.70. The van der Waals surface area contributed by atoms with Gasteiger partial charge in [0, 0.05) is 31.8 Å². The lowest BCUT2D eigenvalue weighted by Crippen LogP contribution is -2.34. The minimum Gasteiger partial charge on any atom is -0.381 e. The zero-order chi connectivity index (χ0) is 14.8. The monoisotopic (exact) mass is 317 g/mol. The SMILES string of the molecule is Cc1cc(Cl)ccc1S(=O)(=O)N(C)CC1CCOCC1. The summed E-state index contributed by atoms with van der Waals surface area (Å²) in [5, 5.41) is 0.550. The van der Waals surface area contributed by atoms with Crippen LogP contribution in [0.4, 0.5) is 0 Å². The normalized spacial score (nSPS) is 17.6. The number of ether oxygens (including phenoxy) is 1. The van der Waals surface area contributed by atoms with Crippen molar-refractivity contribution < 1.29 is 13.2 Å². The van der Waals surface area contributed by atoms with Crippen molar-refractivity contribution in [1.29, 1.82) is 0 Å². The molecule has 1 fully saturated rings. The molecule has 1 aromatic rings. The molecule has 0 unspecified atom stereocenters. The Balaban J connectivity index is 2.16. The second-order valence-corrected chi connectivity index (χ2v) is 7.70. The van der Waals surface area contributed by atoms with E-state index in [1.807, 2.05) is 0 Å². The van der Waals surface area contributed by atoms with Crippen LogP contribution in [0.1, 0.15) is 18.4 Å². The highest BCUT2D eigenvalue weighted by atomic mass is 35.5. The molecule has 2 rings (SSSR count). The van der Waals surface area contributed by atoms with Gasteiger partial charge in [0.2, 0.25) is 10.0 Å². The molecule has 4 nitrogen and oxygen atoms in total. The average Bonchev–Trinajstić information content (AvgIpc) is 2.39. The van der Waals surface area contributed by atoms with Gasteiger partial charge in [-0.3, -0.25) is 0 Å². The second kappa shape index (κ2) is 6.43.